The van der Waals surface area contributed by atoms with Crippen molar-refractivity contribution >= 4 is 12.1 Å². The maximum Gasteiger partial charge on any atom is 0.410 e. The maximum absolute atomic E-state index is 12.5. The smallest absolute Gasteiger partial charge is 0.410 e. The van der Waals surface area contributed by atoms with Crippen molar-refractivity contribution in [3.63, 3.8) is 0 Å². The highest BCUT2D eigenvalue weighted by atomic mass is 16.6. The van der Waals surface area contributed by atoms with Crippen LogP contribution in [0.15, 0.2) is 48.5 Å². The van der Waals surface area contributed by atoms with Crippen molar-refractivity contribution < 1.29 is 29.3 Å². The summed E-state index contributed by atoms with van der Waals surface area (Å²) < 4.78 is 10.7. The van der Waals surface area contributed by atoms with Crippen LogP contribution in [0, 0.1) is 0 Å². The quantitative estimate of drug-likeness (QED) is 0.709. The Morgan fingerprint density at radius 3 is 2.10 bits per heavy atom. The molecule has 0 radical (unpaired) electrons. The fourth-order valence-corrected chi connectivity index (χ4v) is 3.52. The summed E-state index contributed by atoms with van der Waals surface area (Å²) in [4.78, 5) is 25.0. The molecule has 0 spiro atoms. The molecule has 0 saturated heterocycles. The van der Waals surface area contributed by atoms with Gasteiger partial charge < -0.3 is 19.7 Å². The third-order valence-electron chi connectivity index (χ3n) is 5.01. The number of carbonyl (C=O) groups excluding carboxylic acids is 1. The zero-order chi connectivity index (χ0) is 21.0. The molecule has 1 amide bonds. The van der Waals surface area contributed by atoms with Crippen LogP contribution < -0.4 is 0 Å². The summed E-state index contributed by atoms with van der Waals surface area (Å²) in [6.07, 6.45) is -1.45. The number of benzene rings is 2. The number of aliphatic hydroxyl groups excluding tert-OH is 1. The van der Waals surface area contributed by atoms with Gasteiger partial charge in [0.2, 0.25) is 0 Å². The van der Waals surface area contributed by atoms with Crippen LogP contribution in [0.2, 0.25) is 0 Å². The van der Waals surface area contributed by atoms with Gasteiger partial charge in [0, 0.05) is 13.0 Å². The number of likely N-dealkylation sites (N-methyl/N-ethyl adjacent to an activating group) is 1. The van der Waals surface area contributed by atoms with Crippen LogP contribution in [0.4, 0.5) is 4.79 Å². The highest BCUT2D eigenvalue weighted by Gasteiger charge is 2.32. The summed E-state index contributed by atoms with van der Waals surface area (Å²) in [5.41, 5.74) is 4.40. The lowest BCUT2D eigenvalue weighted by molar-refractivity contribution is -0.145. The fraction of sp³-hybridized carbons (Fsp3) is 0.364. The van der Waals surface area contributed by atoms with E-state index in [1.54, 1.807) is 0 Å². The molecule has 0 heterocycles. The number of carboxylic acid groups (broad SMARTS) is 1. The molecule has 2 N–H and O–H groups in total. The number of hydrogen-bond acceptors (Lipinski definition) is 5. The van der Waals surface area contributed by atoms with E-state index in [2.05, 4.69) is 0 Å². The molecule has 2 aromatic rings. The molecule has 7 heteroatoms. The van der Waals surface area contributed by atoms with Crippen LogP contribution in [0.3, 0.4) is 0 Å². The van der Waals surface area contributed by atoms with Gasteiger partial charge in [-0.2, -0.15) is 0 Å². The van der Waals surface area contributed by atoms with E-state index in [9.17, 15) is 19.8 Å². The van der Waals surface area contributed by atoms with Gasteiger partial charge in [-0.15, -0.1) is 0 Å². The molecular formula is C22H25NO6. The first-order chi connectivity index (χ1) is 13.9. The number of rotatable bonds is 8. The number of fused-ring (bicyclic) bond motifs is 3. The van der Waals surface area contributed by atoms with E-state index in [1.807, 2.05) is 48.5 Å². The first kappa shape index (κ1) is 20.8. The van der Waals surface area contributed by atoms with Crippen molar-refractivity contribution in [1.82, 2.24) is 4.90 Å². The lowest BCUT2D eigenvalue weighted by Crippen LogP contribution is -2.46. The van der Waals surface area contributed by atoms with Crippen LogP contribution >= 0.6 is 0 Å². The molecule has 0 aromatic heterocycles. The van der Waals surface area contributed by atoms with Crippen LogP contribution in [-0.4, -0.2) is 66.2 Å². The summed E-state index contributed by atoms with van der Waals surface area (Å²) >= 11 is 0. The van der Waals surface area contributed by atoms with Gasteiger partial charge in [0.05, 0.1) is 19.3 Å². The Kier molecular flexibility index (Phi) is 6.51. The van der Waals surface area contributed by atoms with Crippen LogP contribution in [0.25, 0.3) is 11.1 Å². The Balaban J connectivity index is 1.67. The average Bonchev–Trinajstić information content (AvgIpc) is 3.02. The summed E-state index contributed by atoms with van der Waals surface area (Å²) in [5.74, 6) is -1.30. The minimum Gasteiger partial charge on any atom is -0.480 e. The number of carbonyl (C=O) groups is 2. The number of aliphatic carboxylic acids is 1. The summed E-state index contributed by atoms with van der Waals surface area (Å²) in [5, 5.41) is 18.6. The van der Waals surface area contributed by atoms with E-state index < -0.39 is 24.2 Å². The minimum absolute atomic E-state index is 0.0116. The topological polar surface area (TPSA) is 96.3 Å². The Bertz CT molecular complexity index is 836. The number of ether oxygens (including phenoxy) is 2. The summed E-state index contributed by atoms with van der Waals surface area (Å²) in [6.45, 7) is 1.40. The Labute approximate surface area is 169 Å². The van der Waals surface area contributed by atoms with Crippen LogP contribution in [-0.2, 0) is 14.3 Å². The monoisotopic (exact) mass is 399 g/mol. The van der Waals surface area contributed by atoms with Gasteiger partial charge in [-0.1, -0.05) is 48.5 Å². The third kappa shape index (κ3) is 4.58. The molecule has 0 unspecified atom stereocenters. The summed E-state index contributed by atoms with van der Waals surface area (Å²) in [7, 11) is 1.36. The normalized spacial score (nSPS) is 14.6. The molecule has 0 aliphatic heterocycles. The van der Waals surface area contributed by atoms with E-state index in [0.717, 1.165) is 27.2 Å². The highest BCUT2D eigenvalue weighted by molar-refractivity contribution is 5.81. The first-order valence-electron chi connectivity index (χ1n) is 9.46. The van der Waals surface area contributed by atoms with Crippen molar-refractivity contribution in [2.75, 3.05) is 26.9 Å². The molecule has 154 valence electrons. The maximum atomic E-state index is 12.5. The molecule has 0 saturated carbocycles. The Morgan fingerprint density at radius 1 is 1.03 bits per heavy atom. The van der Waals surface area contributed by atoms with Crippen LogP contribution in [0.1, 0.15) is 24.0 Å². The molecular weight excluding hydrogens is 374 g/mol. The predicted molar refractivity (Wildman–Crippen MR) is 107 cm³/mol. The van der Waals surface area contributed by atoms with Crippen molar-refractivity contribution in [2.45, 2.75) is 25.0 Å². The van der Waals surface area contributed by atoms with E-state index >= 15 is 0 Å². The van der Waals surface area contributed by atoms with E-state index in [-0.39, 0.29) is 25.7 Å². The minimum atomic E-state index is -1.20. The Hall–Kier alpha value is -2.90. The van der Waals surface area contributed by atoms with Gasteiger partial charge in [-0.25, -0.2) is 9.59 Å². The predicted octanol–water partition coefficient (Wildman–Crippen LogP) is 2.72. The number of carboxylic acids is 1. The molecule has 1 aliphatic rings. The van der Waals surface area contributed by atoms with Gasteiger partial charge in [0.25, 0.3) is 0 Å². The first-order valence-corrected chi connectivity index (χ1v) is 9.46. The second-order valence-corrected chi connectivity index (χ2v) is 7.16. The number of hydrogen-bond donors (Lipinski definition) is 2. The van der Waals surface area contributed by atoms with E-state index in [1.165, 1.54) is 14.0 Å². The van der Waals surface area contributed by atoms with Gasteiger partial charge in [0.1, 0.15) is 6.61 Å². The lowest BCUT2D eigenvalue weighted by atomic mass is 9.98. The molecule has 2 atom stereocenters. The van der Waals surface area contributed by atoms with Gasteiger partial charge >= 0.3 is 12.1 Å². The number of amides is 1. The molecule has 0 fully saturated rings. The zero-order valence-electron chi connectivity index (χ0n) is 16.4. The fourth-order valence-electron chi connectivity index (χ4n) is 3.52. The molecule has 1 aliphatic carbocycles. The van der Waals surface area contributed by atoms with Gasteiger partial charge in [-0.05, 0) is 29.2 Å². The van der Waals surface area contributed by atoms with Crippen molar-refractivity contribution in [2.24, 2.45) is 0 Å². The van der Waals surface area contributed by atoms with E-state index in [0.29, 0.717) is 0 Å². The number of aliphatic hydroxyl groups is 1. The Morgan fingerprint density at radius 2 is 1.59 bits per heavy atom. The lowest BCUT2D eigenvalue weighted by Gasteiger charge is -2.25. The van der Waals surface area contributed by atoms with Crippen molar-refractivity contribution in [3.05, 3.63) is 59.7 Å². The SMILES string of the molecule is C[C@@H](O)COC[C@@H](C(=O)O)N(C)C(=O)OCC1c2ccccc2-c2ccccc21. The molecule has 3 rings (SSSR count). The standard InChI is InChI=1S/C22H25NO6/c1-14(24)11-28-13-20(21(25)26)23(2)22(27)29-12-19-17-9-5-3-7-15(17)16-8-4-6-10-18(16)19/h3-10,14,19-20,24H,11-13H2,1-2H3,(H,25,26)/t14-,20+/m1/s1. The highest BCUT2D eigenvalue weighted by Crippen LogP contribution is 2.44. The molecule has 0 bridgehead atoms. The average molecular weight is 399 g/mol. The van der Waals surface area contributed by atoms with E-state index in [4.69, 9.17) is 9.47 Å². The zero-order valence-corrected chi connectivity index (χ0v) is 16.4. The number of nitrogens with zero attached hydrogens (tertiary/aromatic N) is 1. The van der Waals surface area contributed by atoms with Crippen LogP contribution in [0.5, 0.6) is 0 Å². The van der Waals surface area contributed by atoms with Gasteiger partial charge in [0.15, 0.2) is 6.04 Å². The second-order valence-electron chi connectivity index (χ2n) is 7.16. The second kappa shape index (κ2) is 9.07. The van der Waals surface area contributed by atoms with Crippen molar-refractivity contribution in [3.8, 4) is 11.1 Å². The van der Waals surface area contributed by atoms with Gasteiger partial charge in [-0.3, -0.25) is 4.90 Å². The molecule has 29 heavy (non-hydrogen) atoms. The summed E-state index contributed by atoms with van der Waals surface area (Å²) in [6, 6.07) is 14.8. The third-order valence-corrected chi connectivity index (χ3v) is 5.01. The molecule has 7 nitrogen and oxygen atoms in total. The molecule has 2 aromatic carbocycles. The largest absolute Gasteiger partial charge is 0.480 e. The van der Waals surface area contributed by atoms with Crippen molar-refractivity contribution in [1.29, 1.82) is 0 Å².